The highest BCUT2D eigenvalue weighted by Gasteiger charge is 2.21. The molecule has 2 rings (SSSR count). The van der Waals surface area contributed by atoms with Gasteiger partial charge in [-0.15, -0.1) is 0 Å². The molecule has 0 atom stereocenters. The Hall–Kier alpha value is -0.980. The molecule has 0 amide bonds. The van der Waals surface area contributed by atoms with Crippen LogP contribution in [0.1, 0.15) is 12.0 Å². The van der Waals surface area contributed by atoms with Crippen molar-refractivity contribution in [2.24, 2.45) is 0 Å². The first kappa shape index (κ1) is 10.5. The molecule has 1 aliphatic rings. The highest BCUT2D eigenvalue weighted by atomic mass is 32.2. The summed E-state index contributed by atoms with van der Waals surface area (Å²) in [4.78, 5) is 3.99. The zero-order valence-electron chi connectivity index (χ0n) is 8.21. The maximum Gasteiger partial charge on any atom is 0.201 e. The van der Waals surface area contributed by atoms with Gasteiger partial charge >= 0.3 is 0 Å². The van der Waals surface area contributed by atoms with E-state index in [0.717, 1.165) is 6.26 Å². The minimum Gasteiger partial charge on any atom is -0.345 e. The molecule has 15 heavy (non-hydrogen) atoms. The molecule has 0 aromatic carbocycles. The molecule has 1 fully saturated rings. The molecule has 1 saturated heterocycles. The third-order valence-electron chi connectivity index (χ3n) is 1.99. The molecule has 6 heteroatoms. The monoisotopic (exact) mass is 229 g/mol. The zero-order valence-corrected chi connectivity index (χ0v) is 9.03. The smallest absolute Gasteiger partial charge is 0.201 e. The molecule has 82 valence electrons. The third-order valence-corrected chi connectivity index (χ3v) is 2.98. The summed E-state index contributed by atoms with van der Waals surface area (Å²) < 4.78 is 33.0. The van der Waals surface area contributed by atoms with Gasteiger partial charge in [-0.25, -0.2) is 13.4 Å². The second-order valence-corrected chi connectivity index (χ2v) is 5.21. The summed E-state index contributed by atoms with van der Waals surface area (Å²) in [6, 6.07) is 4.77. The standard InChI is InChI=1S/C9H11NO4S/c1-15(11,12)8-4-2-3-7(10-8)9-13-5-6-14-9/h2-4,9H,5-6H2,1H3. The number of ether oxygens (including phenoxy) is 2. The highest BCUT2D eigenvalue weighted by molar-refractivity contribution is 7.90. The fourth-order valence-electron chi connectivity index (χ4n) is 1.30. The number of rotatable bonds is 2. The molecule has 0 radical (unpaired) electrons. The maximum atomic E-state index is 11.3. The van der Waals surface area contributed by atoms with Crippen LogP contribution in [0.25, 0.3) is 0 Å². The number of hydrogen-bond acceptors (Lipinski definition) is 5. The van der Waals surface area contributed by atoms with Gasteiger partial charge in [-0.05, 0) is 12.1 Å². The first-order valence-electron chi connectivity index (χ1n) is 4.47. The Balaban J connectivity index is 2.34. The molecular weight excluding hydrogens is 218 g/mol. The van der Waals surface area contributed by atoms with Crippen LogP contribution in [0.3, 0.4) is 0 Å². The SMILES string of the molecule is CS(=O)(=O)c1cccc(C2OCCO2)n1. The quantitative estimate of drug-likeness (QED) is 0.740. The van der Waals surface area contributed by atoms with Crippen LogP contribution in [0.4, 0.5) is 0 Å². The average Bonchev–Trinajstić information content (AvgIpc) is 2.69. The van der Waals surface area contributed by atoms with Gasteiger partial charge in [0.25, 0.3) is 0 Å². The largest absolute Gasteiger partial charge is 0.345 e. The molecule has 0 spiro atoms. The Morgan fingerprint density at radius 3 is 2.60 bits per heavy atom. The zero-order chi connectivity index (χ0) is 10.9. The summed E-state index contributed by atoms with van der Waals surface area (Å²) in [6.07, 6.45) is 0.585. The van der Waals surface area contributed by atoms with Crippen molar-refractivity contribution in [2.75, 3.05) is 19.5 Å². The van der Waals surface area contributed by atoms with Gasteiger partial charge in [0.15, 0.2) is 14.9 Å². The first-order valence-corrected chi connectivity index (χ1v) is 6.37. The summed E-state index contributed by atoms with van der Waals surface area (Å²) in [5.41, 5.74) is 0.496. The lowest BCUT2D eigenvalue weighted by Gasteiger charge is -2.08. The highest BCUT2D eigenvalue weighted by Crippen LogP contribution is 2.22. The predicted octanol–water partition coefficient (Wildman–Crippen LogP) is 0.531. The minimum atomic E-state index is -3.28. The van der Waals surface area contributed by atoms with Gasteiger partial charge in [0, 0.05) is 6.26 Å². The van der Waals surface area contributed by atoms with Crippen LogP contribution in [0.5, 0.6) is 0 Å². The van der Waals surface area contributed by atoms with Crippen molar-refractivity contribution in [3.63, 3.8) is 0 Å². The van der Waals surface area contributed by atoms with E-state index in [-0.39, 0.29) is 5.03 Å². The Labute approximate surface area is 88.0 Å². The van der Waals surface area contributed by atoms with Gasteiger partial charge in [-0.1, -0.05) is 6.07 Å². The summed E-state index contributed by atoms with van der Waals surface area (Å²) >= 11 is 0. The normalized spacial score (nSPS) is 18.2. The third kappa shape index (κ3) is 2.34. The number of hydrogen-bond donors (Lipinski definition) is 0. The molecule has 1 aromatic heterocycles. The summed E-state index contributed by atoms with van der Waals surface area (Å²) in [6.45, 7) is 1.02. The van der Waals surface area contributed by atoms with E-state index < -0.39 is 16.1 Å². The lowest BCUT2D eigenvalue weighted by atomic mass is 10.3. The van der Waals surface area contributed by atoms with Gasteiger partial charge in [-0.2, -0.15) is 0 Å². The molecule has 0 bridgehead atoms. The van der Waals surface area contributed by atoms with Crippen molar-refractivity contribution in [1.29, 1.82) is 0 Å². The number of sulfone groups is 1. The molecule has 1 aromatic rings. The van der Waals surface area contributed by atoms with Crippen molar-refractivity contribution >= 4 is 9.84 Å². The molecule has 0 unspecified atom stereocenters. The van der Waals surface area contributed by atoms with Gasteiger partial charge < -0.3 is 9.47 Å². The van der Waals surface area contributed by atoms with Crippen LogP contribution in [-0.2, 0) is 19.3 Å². The van der Waals surface area contributed by atoms with Gasteiger partial charge in [0.05, 0.1) is 18.9 Å². The molecule has 0 N–H and O–H groups in total. The van der Waals surface area contributed by atoms with Crippen molar-refractivity contribution in [1.82, 2.24) is 4.98 Å². The molecule has 5 nitrogen and oxygen atoms in total. The summed E-state index contributed by atoms with van der Waals surface area (Å²) in [5.74, 6) is 0. The van der Waals surface area contributed by atoms with Crippen molar-refractivity contribution in [3.05, 3.63) is 23.9 Å². The predicted molar refractivity (Wildman–Crippen MR) is 52.0 cm³/mol. The van der Waals surface area contributed by atoms with Crippen molar-refractivity contribution in [3.8, 4) is 0 Å². The van der Waals surface area contributed by atoms with Crippen LogP contribution in [0, 0.1) is 0 Å². The molecule has 1 aliphatic heterocycles. The second-order valence-electron chi connectivity index (χ2n) is 3.25. The van der Waals surface area contributed by atoms with E-state index in [0.29, 0.717) is 18.9 Å². The van der Waals surface area contributed by atoms with Gasteiger partial charge in [0.2, 0.25) is 6.29 Å². The second kappa shape index (κ2) is 3.88. The van der Waals surface area contributed by atoms with E-state index in [1.165, 1.54) is 6.07 Å². The van der Waals surface area contributed by atoms with E-state index in [1.807, 2.05) is 0 Å². The molecule has 0 aliphatic carbocycles. The Morgan fingerprint density at radius 1 is 1.33 bits per heavy atom. The van der Waals surface area contributed by atoms with Crippen molar-refractivity contribution < 1.29 is 17.9 Å². The van der Waals surface area contributed by atoms with E-state index in [2.05, 4.69) is 4.98 Å². The Morgan fingerprint density at radius 2 is 2.00 bits per heavy atom. The lowest BCUT2D eigenvalue weighted by Crippen LogP contribution is -2.06. The van der Waals surface area contributed by atoms with Crippen LogP contribution in [-0.4, -0.2) is 32.9 Å². The van der Waals surface area contributed by atoms with E-state index in [9.17, 15) is 8.42 Å². The Kier molecular flexibility index (Phi) is 2.72. The van der Waals surface area contributed by atoms with E-state index >= 15 is 0 Å². The number of aromatic nitrogens is 1. The van der Waals surface area contributed by atoms with Crippen LogP contribution in [0.15, 0.2) is 23.2 Å². The van der Waals surface area contributed by atoms with Gasteiger partial charge in [-0.3, -0.25) is 0 Å². The molecular formula is C9H11NO4S. The van der Waals surface area contributed by atoms with Gasteiger partial charge in [0.1, 0.15) is 0 Å². The van der Waals surface area contributed by atoms with Crippen LogP contribution < -0.4 is 0 Å². The lowest BCUT2D eigenvalue weighted by molar-refractivity contribution is -0.0476. The van der Waals surface area contributed by atoms with E-state index in [4.69, 9.17) is 9.47 Å². The summed E-state index contributed by atoms with van der Waals surface area (Å²) in [7, 11) is -3.28. The first-order chi connectivity index (χ1) is 7.07. The van der Waals surface area contributed by atoms with Crippen LogP contribution >= 0.6 is 0 Å². The fourth-order valence-corrected chi connectivity index (χ4v) is 1.89. The van der Waals surface area contributed by atoms with E-state index in [1.54, 1.807) is 12.1 Å². The minimum absolute atomic E-state index is 0.0408. The van der Waals surface area contributed by atoms with Crippen molar-refractivity contribution in [2.45, 2.75) is 11.3 Å². The average molecular weight is 229 g/mol. The topological polar surface area (TPSA) is 65.5 Å². The molecule has 2 heterocycles. The number of nitrogens with zero attached hydrogens (tertiary/aromatic N) is 1. The fraction of sp³-hybridized carbons (Fsp3) is 0.444. The van der Waals surface area contributed by atoms with Crippen LogP contribution in [0.2, 0.25) is 0 Å². The Bertz CT molecular complexity index is 451. The maximum absolute atomic E-state index is 11.3. The number of pyridine rings is 1. The summed E-state index contributed by atoms with van der Waals surface area (Å²) in [5, 5.41) is 0.0408. The molecule has 0 saturated carbocycles.